The summed E-state index contributed by atoms with van der Waals surface area (Å²) in [6, 6.07) is -3.40. The third-order valence-corrected chi connectivity index (χ3v) is 4.18. The molecule has 1 heterocycles. The van der Waals surface area contributed by atoms with Crippen molar-refractivity contribution >= 4 is 23.8 Å². The molecule has 1 amide bonds. The van der Waals surface area contributed by atoms with Gasteiger partial charge in [-0.2, -0.15) is 4.39 Å². The van der Waals surface area contributed by atoms with Gasteiger partial charge in [0.1, 0.15) is 6.10 Å². The first-order valence-corrected chi connectivity index (χ1v) is 9.04. The third-order valence-electron chi connectivity index (χ3n) is 4.18. The van der Waals surface area contributed by atoms with Crippen LogP contribution in [0.15, 0.2) is 0 Å². The van der Waals surface area contributed by atoms with Gasteiger partial charge in [0.2, 0.25) is 5.91 Å². The Labute approximate surface area is 171 Å². The summed E-state index contributed by atoms with van der Waals surface area (Å²) in [6.07, 6.45) is -7.99. The van der Waals surface area contributed by atoms with Gasteiger partial charge in [-0.05, 0) is 6.92 Å². The molecule has 11 nitrogen and oxygen atoms in total. The molecule has 30 heavy (non-hydrogen) atoms. The fraction of sp³-hybridized carbons (Fsp3) is 0.765. The van der Waals surface area contributed by atoms with Gasteiger partial charge in [0.05, 0.1) is 25.3 Å². The monoisotopic (exact) mass is 440 g/mol. The Bertz CT molecular complexity index is 665. The fourth-order valence-corrected chi connectivity index (χ4v) is 3.03. The second-order valence-corrected chi connectivity index (χ2v) is 6.56. The maximum absolute atomic E-state index is 15.3. The second kappa shape index (κ2) is 10.6. The van der Waals surface area contributed by atoms with Gasteiger partial charge in [-0.1, -0.05) is 0 Å². The molecule has 0 spiro atoms. The van der Waals surface area contributed by atoms with Crippen molar-refractivity contribution in [2.24, 2.45) is 5.73 Å². The van der Waals surface area contributed by atoms with Crippen LogP contribution in [0.1, 0.15) is 27.7 Å². The Kier molecular flexibility index (Phi) is 9.06. The number of esters is 3. The van der Waals surface area contributed by atoms with Gasteiger partial charge in [-0.3, -0.25) is 14.4 Å². The number of aliphatic hydroxyl groups excluding tert-OH is 1. The van der Waals surface area contributed by atoms with Crippen LogP contribution in [0.4, 0.5) is 8.78 Å². The maximum Gasteiger partial charge on any atom is 0.375 e. The van der Waals surface area contributed by atoms with Crippen molar-refractivity contribution in [3.63, 3.8) is 0 Å². The summed E-state index contributed by atoms with van der Waals surface area (Å²) in [5.41, 5.74) is 5.75. The molecule has 1 fully saturated rings. The number of carbonyl (C=O) groups is 4. The average Bonchev–Trinajstić information content (AvgIpc) is 2.64. The molecule has 0 aliphatic carbocycles. The van der Waals surface area contributed by atoms with E-state index in [1.165, 1.54) is 6.92 Å². The van der Waals surface area contributed by atoms with E-state index in [-0.39, 0.29) is 6.61 Å². The van der Waals surface area contributed by atoms with Crippen molar-refractivity contribution in [1.82, 2.24) is 5.32 Å². The molecule has 1 aliphatic heterocycles. The van der Waals surface area contributed by atoms with E-state index in [9.17, 15) is 28.7 Å². The number of nitrogens with two attached hydrogens (primary N) is 1. The zero-order valence-electron chi connectivity index (χ0n) is 16.9. The smallest absolute Gasteiger partial charge is 0.375 e. The summed E-state index contributed by atoms with van der Waals surface area (Å²) < 4.78 is 49.5. The molecule has 7 atom stereocenters. The minimum absolute atomic E-state index is 0.310. The first-order valence-electron chi connectivity index (χ1n) is 9.04. The number of ether oxygens (including phenoxy) is 4. The SMILES string of the molecule is CCOC(=O)[C@]1(F)OC([C@H](OC(C)=O)[C@@H](CO)OC(C)=O)[C@H](NC(C)=O)C(N)[C@@H]1F. The molecular formula is C17H26F2N2O9. The lowest BCUT2D eigenvalue weighted by Crippen LogP contribution is -2.74. The first-order chi connectivity index (χ1) is 13.9. The number of hydrogen-bond acceptors (Lipinski definition) is 10. The van der Waals surface area contributed by atoms with Crippen molar-refractivity contribution in [2.75, 3.05) is 13.2 Å². The van der Waals surface area contributed by atoms with Gasteiger partial charge in [0.25, 0.3) is 0 Å². The predicted octanol–water partition coefficient (Wildman–Crippen LogP) is -1.36. The lowest BCUT2D eigenvalue weighted by Gasteiger charge is -2.47. The molecule has 4 N–H and O–H groups in total. The normalized spacial score (nSPS) is 30.5. The van der Waals surface area contributed by atoms with E-state index >= 15 is 4.39 Å². The van der Waals surface area contributed by atoms with E-state index in [1.54, 1.807) is 0 Å². The average molecular weight is 440 g/mol. The van der Waals surface area contributed by atoms with Gasteiger partial charge in [0.15, 0.2) is 18.4 Å². The zero-order valence-corrected chi connectivity index (χ0v) is 16.9. The molecule has 0 aromatic carbocycles. The topological polar surface area (TPSA) is 163 Å². The Morgan fingerprint density at radius 2 is 1.77 bits per heavy atom. The molecule has 0 aromatic rings. The van der Waals surface area contributed by atoms with Crippen molar-refractivity contribution in [3.05, 3.63) is 0 Å². The van der Waals surface area contributed by atoms with Gasteiger partial charge in [0, 0.05) is 20.8 Å². The summed E-state index contributed by atoms with van der Waals surface area (Å²) in [4.78, 5) is 46.6. The Morgan fingerprint density at radius 3 is 2.20 bits per heavy atom. The molecule has 0 saturated carbocycles. The van der Waals surface area contributed by atoms with Crippen LogP contribution in [0.3, 0.4) is 0 Å². The van der Waals surface area contributed by atoms with Crippen LogP contribution < -0.4 is 11.1 Å². The number of rotatable bonds is 8. The number of nitrogens with one attached hydrogen (secondary N) is 1. The summed E-state index contributed by atoms with van der Waals surface area (Å²) >= 11 is 0. The first kappa shape index (κ1) is 25.7. The van der Waals surface area contributed by atoms with Gasteiger partial charge in [-0.25, -0.2) is 9.18 Å². The fourth-order valence-electron chi connectivity index (χ4n) is 3.03. The summed E-state index contributed by atoms with van der Waals surface area (Å²) in [5.74, 6) is -8.04. The number of hydrogen-bond donors (Lipinski definition) is 3. The van der Waals surface area contributed by atoms with Crippen LogP contribution in [0.25, 0.3) is 0 Å². The van der Waals surface area contributed by atoms with Crippen LogP contribution in [0, 0.1) is 0 Å². The molecule has 0 aromatic heterocycles. The van der Waals surface area contributed by atoms with Gasteiger partial charge in [-0.15, -0.1) is 0 Å². The highest BCUT2D eigenvalue weighted by atomic mass is 19.2. The quantitative estimate of drug-likeness (QED) is 0.303. The van der Waals surface area contributed by atoms with Crippen molar-refractivity contribution in [1.29, 1.82) is 0 Å². The zero-order chi connectivity index (χ0) is 23.2. The van der Waals surface area contributed by atoms with Crippen LogP contribution >= 0.6 is 0 Å². The lowest BCUT2D eigenvalue weighted by atomic mass is 9.86. The van der Waals surface area contributed by atoms with Crippen molar-refractivity contribution in [2.45, 2.75) is 70.1 Å². The van der Waals surface area contributed by atoms with Crippen LogP contribution in [-0.2, 0) is 38.1 Å². The highest BCUT2D eigenvalue weighted by Gasteiger charge is 2.63. The number of aliphatic hydroxyl groups is 1. The van der Waals surface area contributed by atoms with E-state index in [1.807, 2.05) is 0 Å². The number of carbonyl (C=O) groups excluding carboxylic acids is 4. The molecule has 0 bridgehead atoms. The van der Waals surface area contributed by atoms with E-state index < -0.39 is 72.8 Å². The molecule has 0 radical (unpaired) electrons. The van der Waals surface area contributed by atoms with E-state index in [4.69, 9.17) is 19.9 Å². The van der Waals surface area contributed by atoms with E-state index in [0.29, 0.717) is 0 Å². The molecule has 2 unspecified atom stereocenters. The van der Waals surface area contributed by atoms with Crippen molar-refractivity contribution in [3.8, 4) is 0 Å². The summed E-state index contributed by atoms with van der Waals surface area (Å²) in [7, 11) is 0. The van der Waals surface area contributed by atoms with Gasteiger partial charge >= 0.3 is 23.8 Å². The molecule has 1 rings (SSSR count). The molecule has 1 saturated heterocycles. The van der Waals surface area contributed by atoms with E-state index in [0.717, 1.165) is 20.8 Å². The van der Waals surface area contributed by atoms with E-state index in [2.05, 4.69) is 10.1 Å². The minimum Gasteiger partial charge on any atom is -0.462 e. The minimum atomic E-state index is -3.72. The van der Waals surface area contributed by atoms with Crippen molar-refractivity contribution < 1.29 is 52.0 Å². The highest BCUT2D eigenvalue weighted by molar-refractivity contribution is 5.79. The number of amides is 1. The molecule has 172 valence electrons. The molecule has 1 aliphatic rings. The van der Waals surface area contributed by atoms with Crippen LogP contribution in [0.2, 0.25) is 0 Å². The Morgan fingerprint density at radius 1 is 1.20 bits per heavy atom. The highest BCUT2D eigenvalue weighted by Crippen LogP contribution is 2.36. The third kappa shape index (κ3) is 5.83. The Balaban J connectivity index is 3.50. The van der Waals surface area contributed by atoms with Crippen LogP contribution in [-0.4, -0.2) is 84.6 Å². The number of halogens is 2. The summed E-state index contributed by atoms with van der Waals surface area (Å²) in [5, 5.41) is 11.8. The maximum atomic E-state index is 15.3. The second-order valence-electron chi connectivity index (χ2n) is 6.56. The summed E-state index contributed by atoms with van der Waals surface area (Å²) in [6.45, 7) is 3.11. The van der Waals surface area contributed by atoms with Crippen LogP contribution in [0.5, 0.6) is 0 Å². The molecular weight excluding hydrogens is 414 g/mol. The van der Waals surface area contributed by atoms with Gasteiger partial charge < -0.3 is 35.1 Å². The predicted molar refractivity (Wildman–Crippen MR) is 94.0 cm³/mol. The standard InChI is InChI=1S/C17H26F2N2O9/c1-5-27-16(26)17(19)15(18)11(20)12(21-7(2)23)14(30-17)13(29-9(4)25)10(6-22)28-8(3)24/h10-15,22H,5-6,20H2,1-4H3,(H,21,23)/t10-,11?,12-,13-,14?,15+,17-/m1/s1. The largest absolute Gasteiger partial charge is 0.462 e. The number of alkyl halides is 2. The Hall–Kier alpha value is -2.38. The lowest BCUT2D eigenvalue weighted by molar-refractivity contribution is -0.281. The molecule has 13 heteroatoms.